The molecule has 0 unspecified atom stereocenters. The van der Waals surface area contributed by atoms with Gasteiger partial charge >= 0.3 is 6.03 Å². The van der Waals surface area contributed by atoms with Gasteiger partial charge in [0.25, 0.3) is 0 Å². The van der Waals surface area contributed by atoms with E-state index < -0.39 is 0 Å². The quantitative estimate of drug-likeness (QED) is 0.429. The van der Waals surface area contributed by atoms with Crippen LogP contribution in [0.5, 0.6) is 0 Å². The van der Waals surface area contributed by atoms with E-state index in [0.717, 1.165) is 35.5 Å². The Kier molecular flexibility index (Phi) is 5.34. The highest BCUT2D eigenvalue weighted by Crippen LogP contribution is 2.44. The van der Waals surface area contributed by atoms with Gasteiger partial charge < -0.3 is 10.6 Å². The monoisotopic (exact) mass is 380 g/mol. The maximum Gasteiger partial charge on any atom is 0.335 e. The second kappa shape index (κ2) is 8.05. The molecule has 6 heteroatoms. The van der Waals surface area contributed by atoms with Gasteiger partial charge in [0, 0.05) is 15.8 Å². The number of para-hydroxylation sites is 1. The lowest BCUT2D eigenvalue weighted by atomic mass is 9.96. The molecule has 1 saturated carbocycles. The van der Waals surface area contributed by atoms with E-state index in [1.54, 1.807) is 11.8 Å². The minimum atomic E-state index is -0.221. The number of carbonyl (C=O) groups excluding carboxylic acids is 1. The van der Waals surface area contributed by atoms with Gasteiger partial charge in [0.1, 0.15) is 0 Å². The number of hydrogen-bond acceptors (Lipinski definition) is 4. The summed E-state index contributed by atoms with van der Waals surface area (Å²) in [5, 5.41) is 10.8. The molecule has 2 aliphatic rings. The summed E-state index contributed by atoms with van der Waals surface area (Å²) in [5.41, 5.74) is 6.59. The van der Waals surface area contributed by atoms with Gasteiger partial charge in [-0.3, -0.25) is 0 Å². The summed E-state index contributed by atoms with van der Waals surface area (Å²) in [7, 11) is 0. The van der Waals surface area contributed by atoms with Gasteiger partial charge in [-0.05, 0) is 49.6 Å². The lowest BCUT2D eigenvalue weighted by Gasteiger charge is -2.22. The van der Waals surface area contributed by atoms with Crippen LogP contribution in [0.15, 0.2) is 57.4 Å². The second-order valence-corrected chi connectivity index (χ2v) is 8.14. The number of nitrogens with zero attached hydrogens (tertiary/aromatic N) is 1. The summed E-state index contributed by atoms with van der Waals surface area (Å²) in [4.78, 5) is 14.5. The topological polar surface area (TPSA) is 65.5 Å². The van der Waals surface area contributed by atoms with Crippen molar-refractivity contribution < 1.29 is 4.79 Å². The van der Waals surface area contributed by atoms with Crippen LogP contribution in [0, 0.1) is 0 Å². The van der Waals surface area contributed by atoms with Crippen molar-refractivity contribution in [3.8, 4) is 0 Å². The molecule has 1 aliphatic carbocycles. The van der Waals surface area contributed by atoms with Crippen molar-refractivity contribution in [1.29, 1.82) is 0 Å². The zero-order chi connectivity index (χ0) is 18.6. The second-order valence-electron chi connectivity index (χ2n) is 7.05. The zero-order valence-electron chi connectivity index (χ0n) is 15.4. The van der Waals surface area contributed by atoms with Crippen molar-refractivity contribution in [1.82, 2.24) is 10.7 Å². The van der Waals surface area contributed by atoms with Gasteiger partial charge in [-0.15, -0.1) is 0 Å². The Labute approximate surface area is 164 Å². The van der Waals surface area contributed by atoms with Gasteiger partial charge in [-0.2, -0.15) is 5.10 Å². The Morgan fingerprint density at radius 1 is 1.07 bits per heavy atom. The first-order valence-electron chi connectivity index (χ1n) is 9.48. The third-order valence-electron chi connectivity index (χ3n) is 5.04. The molecule has 0 atom stereocenters. The van der Waals surface area contributed by atoms with Crippen molar-refractivity contribution in [2.24, 2.45) is 5.10 Å². The molecule has 1 fully saturated rings. The van der Waals surface area contributed by atoms with Crippen LogP contribution in [0.25, 0.3) is 0 Å². The number of hydrazone groups is 1. The van der Waals surface area contributed by atoms with E-state index in [1.165, 1.54) is 29.1 Å². The SMILES string of the molecule is CC(=NNC(=O)NC1CCCCC1)c1ccc2c(c1)Nc1ccccc1S2. The van der Waals surface area contributed by atoms with Crippen molar-refractivity contribution in [3.63, 3.8) is 0 Å². The largest absolute Gasteiger partial charge is 0.354 e. The van der Waals surface area contributed by atoms with Crippen molar-refractivity contribution in [2.75, 3.05) is 5.32 Å². The third kappa shape index (κ3) is 4.27. The summed E-state index contributed by atoms with van der Waals surface area (Å²) in [6.45, 7) is 1.91. The molecule has 1 heterocycles. The van der Waals surface area contributed by atoms with Crippen LogP contribution in [0.3, 0.4) is 0 Å². The standard InChI is InChI=1S/C21H24N4OS/c1-14(24-25-21(26)22-16-7-3-2-4-8-16)15-11-12-20-18(13-15)23-17-9-5-6-10-19(17)27-20/h5-6,9-13,16,23H,2-4,7-8H2,1H3,(H2,22,25,26). The number of benzene rings is 2. The fraction of sp³-hybridized carbons (Fsp3) is 0.333. The van der Waals surface area contributed by atoms with Crippen LogP contribution < -0.4 is 16.1 Å². The van der Waals surface area contributed by atoms with Gasteiger partial charge in [-0.25, -0.2) is 10.2 Å². The van der Waals surface area contributed by atoms with Crippen molar-refractivity contribution in [2.45, 2.75) is 54.9 Å². The molecule has 5 nitrogen and oxygen atoms in total. The van der Waals surface area contributed by atoms with Gasteiger partial charge in [0.05, 0.1) is 17.1 Å². The fourth-order valence-corrected chi connectivity index (χ4v) is 4.50. The molecule has 2 aromatic carbocycles. The van der Waals surface area contributed by atoms with Gasteiger partial charge in [0.2, 0.25) is 0 Å². The lowest BCUT2D eigenvalue weighted by Crippen LogP contribution is -2.41. The maximum atomic E-state index is 12.1. The zero-order valence-corrected chi connectivity index (χ0v) is 16.2. The Morgan fingerprint density at radius 2 is 1.85 bits per heavy atom. The number of hydrogen-bond donors (Lipinski definition) is 3. The highest BCUT2D eigenvalue weighted by atomic mass is 32.2. The fourth-order valence-electron chi connectivity index (χ4n) is 3.53. The minimum absolute atomic E-state index is 0.221. The van der Waals surface area contributed by atoms with Crippen LogP contribution >= 0.6 is 11.8 Å². The predicted molar refractivity (Wildman–Crippen MR) is 111 cm³/mol. The summed E-state index contributed by atoms with van der Waals surface area (Å²) in [6, 6.07) is 14.6. The Hall–Kier alpha value is -2.47. The van der Waals surface area contributed by atoms with E-state index in [1.807, 2.05) is 25.1 Å². The number of fused-ring (bicyclic) bond motifs is 2. The van der Waals surface area contributed by atoms with E-state index in [0.29, 0.717) is 0 Å². The lowest BCUT2D eigenvalue weighted by molar-refractivity contribution is 0.233. The molecule has 140 valence electrons. The maximum absolute atomic E-state index is 12.1. The Balaban J connectivity index is 1.41. The van der Waals surface area contributed by atoms with E-state index in [2.05, 4.69) is 45.4 Å². The number of carbonyl (C=O) groups is 1. The average Bonchev–Trinajstić information content (AvgIpc) is 2.70. The highest BCUT2D eigenvalue weighted by molar-refractivity contribution is 7.99. The number of rotatable bonds is 3. The number of urea groups is 1. The molecule has 0 bridgehead atoms. The average molecular weight is 381 g/mol. The summed E-state index contributed by atoms with van der Waals surface area (Å²) in [5.74, 6) is 0. The molecule has 27 heavy (non-hydrogen) atoms. The molecule has 3 N–H and O–H groups in total. The van der Waals surface area contributed by atoms with Crippen LogP contribution in [0.4, 0.5) is 16.2 Å². The third-order valence-corrected chi connectivity index (χ3v) is 6.19. The minimum Gasteiger partial charge on any atom is -0.354 e. The highest BCUT2D eigenvalue weighted by Gasteiger charge is 2.17. The van der Waals surface area contributed by atoms with E-state index in [4.69, 9.17) is 0 Å². The molecule has 4 rings (SSSR count). The summed E-state index contributed by atoms with van der Waals surface area (Å²) < 4.78 is 0. The van der Waals surface area contributed by atoms with Gasteiger partial charge in [-0.1, -0.05) is 49.2 Å². The van der Waals surface area contributed by atoms with Crippen LogP contribution in [-0.4, -0.2) is 17.8 Å². The van der Waals surface area contributed by atoms with Crippen molar-refractivity contribution >= 4 is 34.9 Å². The molecular weight excluding hydrogens is 356 g/mol. The normalized spacial score (nSPS) is 16.7. The molecular formula is C21H24N4OS. The molecule has 0 saturated heterocycles. The van der Waals surface area contributed by atoms with E-state index >= 15 is 0 Å². The summed E-state index contributed by atoms with van der Waals surface area (Å²) >= 11 is 1.76. The van der Waals surface area contributed by atoms with E-state index in [9.17, 15) is 4.79 Å². The molecule has 2 aromatic rings. The summed E-state index contributed by atoms with van der Waals surface area (Å²) in [6.07, 6.45) is 5.77. The molecule has 0 radical (unpaired) electrons. The van der Waals surface area contributed by atoms with Gasteiger partial charge in [0.15, 0.2) is 0 Å². The van der Waals surface area contributed by atoms with Crippen LogP contribution in [-0.2, 0) is 0 Å². The molecule has 0 spiro atoms. The number of anilines is 2. The first kappa shape index (κ1) is 17.9. The first-order chi connectivity index (χ1) is 13.2. The number of nitrogens with one attached hydrogen (secondary N) is 3. The Bertz CT molecular complexity index is 874. The molecule has 0 aromatic heterocycles. The van der Waals surface area contributed by atoms with Crippen LogP contribution in [0.2, 0.25) is 0 Å². The molecule has 2 amide bonds. The Morgan fingerprint density at radius 3 is 2.70 bits per heavy atom. The predicted octanol–water partition coefficient (Wildman–Crippen LogP) is 5.25. The van der Waals surface area contributed by atoms with Crippen LogP contribution in [0.1, 0.15) is 44.6 Å². The first-order valence-corrected chi connectivity index (χ1v) is 10.3. The van der Waals surface area contributed by atoms with E-state index in [-0.39, 0.29) is 12.1 Å². The number of amides is 2. The smallest absolute Gasteiger partial charge is 0.335 e. The molecule has 1 aliphatic heterocycles. The van der Waals surface area contributed by atoms with Crippen molar-refractivity contribution in [3.05, 3.63) is 48.0 Å².